The van der Waals surface area contributed by atoms with Gasteiger partial charge in [0.25, 0.3) is 0 Å². The second kappa shape index (κ2) is 5.26. The Hall–Kier alpha value is -2.10. The Balaban J connectivity index is 2.10. The van der Waals surface area contributed by atoms with Crippen LogP contribution in [0.4, 0.5) is 10.1 Å². The molecule has 100 valence electrons. The summed E-state index contributed by atoms with van der Waals surface area (Å²) in [5, 5.41) is 2.83. The highest BCUT2D eigenvalue weighted by Crippen LogP contribution is 2.16. The number of hydrogen-bond donors (Lipinski definition) is 1. The number of aromatic nitrogens is 1. The first kappa shape index (κ1) is 13.3. The first-order valence-electron chi connectivity index (χ1n) is 6.15. The number of anilines is 1. The standard InChI is InChI=1S/C15H17FN2O/c1-10-8-12(11(2)18(10)3)15(19)9-17-14-7-5-4-6-13(14)16/h4-8,17H,9H2,1-3H3. The number of benzene rings is 1. The zero-order valence-corrected chi connectivity index (χ0v) is 11.3. The van der Waals surface area contributed by atoms with Crippen LogP contribution in [0.2, 0.25) is 0 Å². The summed E-state index contributed by atoms with van der Waals surface area (Å²) in [5.74, 6) is -0.388. The van der Waals surface area contributed by atoms with E-state index in [4.69, 9.17) is 0 Å². The Morgan fingerprint density at radius 3 is 2.58 bits per heavy atom. The Kier molecular flexibility index (Phi) is 3.69. The van der Waals surface area contributed by atoms with Crippen LogP contribution < -0.4 is 5.32 Å². The zero-order chi connectivity index (χ0) is 14.0. The molecule has 0 aliphatic carbocycles. The SMILES string of the molecule is Cc1cc(C(=O)CNc2ccccc2F)c(C)n1C. The maximum atomic E-state index is 13.4. The number of carbonyl (C=O) groups is 1. The fourth-order valence-corrected chi connectivity index (χ4v) is 2.01. The highest BCUT2D eigenvalue weighted by atomic mass is 19.1. The normalized spacial score (nSPS) is 10.5. The van der Waals surface area contributed by atoms with Crippen LogP contribution in [-0.4, -0.2) is 16.9 Å². The van der Waals surface area contributed by atoms with Crippen LogP contribution in [0.15, 0.2) is 30.3 Å². The molecule has 2 rings (SSSR count). The van der Waals surface area contributed by atoms with Gasteiger partial charge in [0.1, 0.15) is 5.82 Å². The third-order valence-corrected chi connectivity index (χ3v) is 3.39. The van der Waals surface area contributed by atoms with Gasteiger partial charge in [-0.15, -0.1) is 0 Å². The number of halogens is 1. The maximum Gasteiger partial charge on any atom is 0.183 e. The van der Waals surface area contributed by atoms with E-state index >= 15 is 0 Å². The van der Waals surface area contributed by atoms with E-state index in [1.165, 1.54) is 6.07 Å². The van der Waals surface area contributed by atoms with Crippen LogP contribution in [-0.2, 0) is 7.05 Å². The molecule has 1 aromatic heterocycles. The van der Waals surface area contributed by atoms with Crippen molar-refractivity contribution in [2.75, 3.05) is 11.9 Å². The lowest BCUT2D eigenvalue weighted by molar-refractivity contribution is 0.101. The minimum absolute atomic E-state index is 0.0375. The molecule has 0 atom stereocenters. The molecule has 4 heteroatoms. The minimum Gasteiger partial charge on any atom is -0.375 e. The van der Waals surface area contributed by atoms with Crippen LogP contribution in [0, 0.1) is 19.7 Å². The number of ketones is 1. The number of para-hydroxylation sites is 1. The molecule has 0 spiro atoms. The van der Waals surface area contributed by atoms with E-state index in [9.17, 15) is 9.18 Å². The van der Waals surface area contributed by atoms with Gasteiger partial charge < -0.3 is 9.88 Å². The number of carbonyl (C=O) groups excluding carboxylic acids is 1. The number of nitrogens with one attached hydrogen (secondary N) is 1. The summed E-state index contributed by atoms with van der Waals surface area (Å²) in [4.78, 5) is 12.1. The fourth-order valence-electron chi connectivity index (χ4n) is 2.01. The van der Waals surface area contributed by atoms with Gasteiger partial charge in [0.05, 0.1) is 12.2 Å². The molecule has 0 fully saturated rings. The van der Waals surface area contributed by atoms with Gasteiger partial charge in [0, 0.05) is 24.0 Å². The lowest BCUT2D eigenvalue weighted by atomic mass is 10.1. The van der Waals surface area contributed by atoms with E-state index in [-0.39, 0.29) is 18.1 Å². The van der Waals surface area contributed by atoms with E-state index < -0.39 is 0 Å². The molecule has 0 aliphatic heterocycles. The van der Waals surface area contributed by atoms with E-state index in [0.29, 0.717) is 11.3 Å². The van der Waals surface area contributed by atoms with Gasteiger partial charge in [-0.05, 0) is 32.0 Å². The topological polar surface area (TPSA) is 34.0 Å². The summed E-state index contributed by atoms with van der Waals surface area (Å²) >= 11 is 0. The largest absolute Gasteiger partial charge is 0.375 e. The van der Waals surface area contributed by atoms with Crippen molar-refractivity contribution in [2.45, 2.75) is 13.8 Å². The van der Waals surface area contributed by atoms with Crippen molar-refractivity contribution in [3.8, 4) is 0 Å². The average molecular weight is 260 g/mol. The van der Waals surface area contributed by atoms with Crippen LogP contribution in [0.25, 0.3) is 0 Å². The van der Waals surface area contributed by atoms with Gasteiger partial charge >= 0.3 is 0 Å². The number of rotatable bonds is 4. The number of aryl methyl sites for hydroxylation is 1. The van der Waals surface area contributed by atoms with E-state index in [1.54, 1.807) is 18.2 Å². The van der Waals surface area contributed by atoms with Gasteiger partial charge in [-0.3, -0.25) is 4.79 Å². The van der Waals surface area contributed by atoms with Crippen LogP contribution in [0.1, 0.15) is 21.7 Å². The molecule has 1 aromatic carbocycles. The first-order valence-corrected chi connectivity index (χ1v) is 6.15. The summed E-state index contributed by atoms with van der Waals surface area (Å²) in [6, 6.07) is 8.19. The smallest absolute Gasteiger partial charge is 0.183 e. The second-order valence-electron chi connectivity index (χ2n) is 4.60. The molecule has 0 unspecified atom stereocenters. The molecule has 2 aromatic rings. The fraction of sp³-hybridized carbons (Fsp3) is 0.267. The first-order chi connectivity index (χ1) is 9.00. The van der Waals surface area contributed by atoms with Crippen molar-refractivity contribution < 1.29 is 9.18 Å². The van der Waals surface area contributed by atoms with E-state index in [0.717, 1.165) is 11.4 Å². The summed E-state index contributed by atoms with van der Waals surface area (Å²) in [5.41, 5.74) is 2.99. The maximum absolute atomic E-state index is 13.4. The van der Waals surface area contributed by atoms with Crippen molar-refractivity contribution in [3.63, 3.8) is 0 Å². The third kappa shape index (κ3) is 2.67. The monoisotopic (exact) mass is 260 g/mol. The Bertz CT molecular complexity index is 617. The quantitative estimate of drug-likeness (QED) is 0.857. The van der Waals surface area contributed by atoms with Crippen molar-refractivity contribution in [3.05, 3.63) is 53.1 Å². The molecule has 0 saturated carbocycles. The Morgan fingerprint density at radius 2 is 2.00 bits per heavy atom. The highest BCUT2D eigenvalue weighted by molar-refractivity contribution is 6.00. The van der Waals surface area contributed by atoms with Gasteiger partial charge in [-0.2, -0.15) is 0 Å². The predicted molar refractivity (Wildman–Crippen MR) is 74.1 cm³/mol. The minimum atomic E-state index is -0.351. The van der Waals surface area contributed by atoms with Gasteiger partial charge in [0.15, 0.2) is 5.78 Å². The summed E-state index contributed by atoms with van der Waals surface area (Å²) in [7, 11) is 1.92. The predicted octanol–water partition coefficient (Wildman–Crippen LogP) is 3.08. The number of hydrogen-bond acceptors (Lipinski definition) is 2. The van der Waals surface area contributed by atoms with Gasteiger partial charge in [-0.1, -0.05) is 12.1 Å². The van der Waals surface area contributed by atoms with E-state index in [1.807, 2.05) is 31.5 Å². The molecule has 0 saturated heterocycles. The van der Waals surface area contributed by atoms with Gasteiger partial charge in [0.2, 0.25) is 0 Å². The molecule has 1 N–H and O–H groups in total. The van der Waals surface area contributed by atoms with E-state index in [2.05, 4.69) is 5.32 Å². The van der Waals surface area contributed by atoms with Gasteiger partial charge in [-0.25, -0.2) is 4.39 Å². The lowest BCUT2D eigenvalue weighted by Gasteiger charge is -2.07. The highest BCUT2D eigenvalue weighted by Gasteiger charge is 2.14. The Labute approximate surface area is 112 Å². The summed E-state index contributed by atoms with van der Waals surface area (Å²) in [6.07, 6.45) is 0. The molecular weight excluding hydrogens is 243 g/mol. The molecule has 0 radical (unpaired) electrons. The lowest BCUT2D eigenvalue weighted by Crippen LogP contribution is -2.15. The van der Waals surface area contributed by atoms with Crippen molar-refractivity contribution >= 4 is 11.5 Å². The van der Waals surface area contributed by atoms with Crippen molar-refractivity contribution in [1.82, 2.24) is 4.57 Å². The van der Waals surface area contributed by atoms with Crippen LogP contribution in [0.5, 0.6) is 0 Å². The molecule has 0 bridgehead atoms. The number of Topliss-reactive ketones (excluding diaryl/α,β-unsaturated/α-hetero) is 1. The number of nitrogens with zero attached hydrogens (tertiary/aromatic N) is 1. The molecule has 19 heavy (non-hydrogen) atoms. The van der Waals surface area contributed by atoms with Crippen molar-refractivity contribution in [1.29, 1.82) is 0 Å². The van der Waals surface area contributed by atoms with Crippen LogP contribution in [0.3, 0.4) is 0 Å². The van der Waals surface area contributed by atoms with Crippen molar-refractivity contribution in [2.24, 2.45) is 7.05 Å². The average Bonchev–Trinajstić information content (AvgIpc) is 2.65. The molecule has 0 aliphatic rings. The third-order valence-electron chi connectivity index (χ3n) is 3.39. The molecule has 0 amide bonds. The van der Waals surface area contributed by atoms with Crippen LogP contribution >= 0.6 is 0 Å². The molecular formula is C15H17FN2O. The zero-order valence-electron chi connectivity index (χ0n) is 11.3. The molecule has 3 nitrogen and oxygen atoms in total. The molecule has 1 heterocycles. The Morgan fingerprint density at radius 1 is 1.32 bits per heavy atom. The summed E-state index contributed by atoms with van der Waals surface area (Å²) < 4.78 is 15.4. The summed E-state index contributed by atoms with van der Waals surface area (Å²) in [6.45, 7) is 3.95. The second-order valence-corrected chi connectivity index (χ2v) is 4.60.